The molecule has 7 nitrogen and oxygen atoms in total. The minimum atomic E-state index is -0.763. The Balaban J connectivity index is 2.04. The number of carbonyl (C=O) groups is 2. The quantitative estimate of drug-likeness (QED) is 0.477. The van der Waals surface area contributed by atoms with E-state index in [0.29, 0.717) is 30.3 Å². The van der Waals surface area contributed by atoms with Crippen molar-refractivity contribution in [2.45, 2.75) is 46.5 Å². The molecule has 2 rings (SSSR count). The SMILES string of the molecule is Cc1c(C(=O)OCC(C)C)sc2ncnc(NCCCCCC(=O)O)c12. The summed E-state index contributed by atoms with van der Waals surface area (Å²) >= 11 is 1.32. The molecule has 0 fully saturated rings. The lowest BCUT2D eigenvalue weighted by atomic mass is 10.2. The number of fused-ring (bicyclic) bond motifs is 1. The van der Waals surface area contributed by atoms with Crippen molar-refractivity contribution in [1.82, 2.24) is 9.97 Å². The highest BCUT2D eigenvalue weighted by atomic mass is 32.1. The van der Waals surface area contributed by atoms with Gasteiger partial charge in [0.15, 0.2) is 0 Å². The summed E-state index contributed by atoms with van der Waals surface area (Å²) in [7, 11) is 0. The van der Waals surface area contributed by atoms with E-state index in [-0.39, 0.29) is 18.3 Å². The number of aliphatic carboxylic acids is 1. The van der Waals surface area contributed by atoms with Crippen LogP contribution in [0.5, 0.6) is 0 Å². The highest BCUT2D eigenvalue weighted by Crippen LogP contribution is 2.33. The van der Waals surface area contributed by atoms with E-state index in [4.69, 9.17) is 9.84 Å². The fraction of sp³-hybridized carbons (Fsp3) is 0.556. The summed E-state index contributed by atoms with van der Waals surface area (Å²) in [6.07, 6.45) is 4.03. The Bertz CT molecular complexity index is 773. The van der Waals surface area contributed by atoms with Crippen molar-refractivity contribution in [2.24, 2.45) is 5.92 Å². The van der Waals surface area contributed by atoms with Gasteiger partial charge in [-0.25, -0.2) is 14.8 Å². The molecule has 0 radical (unpaired) electrons. The van der Waals surface area contributed by atoms with E-state index >= 15 is 0 Å². The van der Waals surface area contributed by atoms with Crippen LogP contribution in [0.4, 0.5) is 5.82 Å². The molecule has 0 spiro atoms. The van der Waals surface area contributed by atoms with E-state index < -0.39 is 5.97 Å². The molecule has 0 saturated carbocycles. The summed E-state index contributed by atoms with van der Waals surface area (Å²) in [6.45, 7) is 6.95. The van der Waals surface area contributed by atoms with Gasteiger partial charge < -0.3 is 15.2 Å². The number of nitrogens with zero attached hydrogens (tertiary/aromatic N) is 2. The van der Waals surface area contributed by atoms with Crippen LogP contribution in [0.3, 0.4) is 0 Å². The van der Waals surface area contributed by atoms with Crippen LogP contribution in [0.25, 0.3) is 10.2 Å². The molecule has 0 aliphatic heterocycles. The Morgan fingerprint density at radius 3 is 2.73 bits per heavy atom. The summed E-state index contributed by atoms with van der Waals surface area (Å²) in [5.74, 6) is -0.100. The van der Waals surface area contributed by atoms with Crippen LogP contribution in [-0.2, 0) is 9.53 Å². The molecule has 2 N–H and O–H groups in total. The maximum Gasteiger partial charge on any atom is 0.348 e. The summed E-state index contributed by atoms with van der Waals surface area (Å²) < 4.78 is 5.34. The molecule has 0 aliphatic carbocycles. The van der Waals surface area contributed by atoms with Gasteiger partial charge in [0.1, 0.15) is 21.9 Å². The number of aromatic nitrogens is 2. The predicted octanol–water partition coefficient (Wildman–Crippen LogP) is 3.87. The van der Waals surface area contributed by atoms with Crippen LogP contribution >= 0.6 is 11.3 Å². The van der Waals surface area contributed by atoms with Crippen molar-refractivity contribution in [3.05, 3.63) is 16.8 Å². The van der Waals surface area contributed by atoms with Crippen LogP contribution in [0.2, 0.25) is 0 Å². The van der Waals surface area contributed by atoms with Crippen molar-refractivity contribution < 1.29 is 19.4 Å². The van der Waals surface area contributed by atoms with Gasteiger partial charge in [0, 0.05) is 13.0 Å². The molecule has 0 amide bonds. The lowest BCUT2D eigenvalue weighted by molar-refractivity contribution is -0.137. The molecule has 0 aliphatic rings. The average Bonchev–Trinajstić information content (AvgIpc) is 2.93. The third-order valence-electron chi connectivity index (χ3n) is 3.82. The third kappa shape index (κ3) is 5.39. The van der Waals surface area contributed by atoms with Gasteiger partial charge in [0.25, 0.3) is 0 Å². The van der Waals surface area contributed by atoms with Crippen LogP contribution in [0.1, 0.15) is 54.8 Å². The number of aryl methyl sites for hydroxylation is 1. The van der Waals surface area contributed by atoms with E-state index in [9.17, 15) is 9.59 Å². The summed E-state index contributed by atoms with van der Waals surface area (Å²) in [4.78, 5) is 32.7. The average molecular weight is 379 g/mol. The predicted molar refractivity (Wildman–Crippen MR) is 102 cm³/mol. The fourth-order valence-corrected chi connectivity index (χ4v) is 3.54. The zero-order valence-corrected chi connectivity index (χ0v) is 16.2. The number of hydrogen-bond acceptors (Lipinski definition) is 7. The number of rotatable bonds is 10. The molecule has 2 heterocycles. The number of ether oxygens (including phenoxy) is 1. The van der Waals surface area contributed by atoms with Crippen molar-refractivity contribution in [3.63, 3.8) is 0 Å². The van der Waals surface area contributed by atoms with Crippen LogP contribution < -0.4 is 5.32 Å². The standard InChI is InChI=1S/C18H25N3O4S/c1-11(2)9-25-18(24)15-12(3)14-16(20-10-21-17(14)26-15)19-8-6-4-5-7-13(22)23/h10-11H,4-9H2,1-3H3,(H,22,23)(H,19,20,21). The zero-order valence-electron chi connectivity index (χ0n) is 15.4. The second-order valence-corrected chi connectivity index (χ2v) is 7.58. The molecule has 26 heavy (non-hydrogen) atoms. The van der Waals surface area contributed by atoms with Crippen LogP contribution in [0, 0.1) is 12.8 Å². The van der Waals surface area contributed by atoms with Gasteiger partial charge in [0.2, 0.25) is 0 Å². The third-order valence-corrected chi connectivity index (χ3v) is 5.00. The summed E-state index contributed by atoms with van der Waals surface area (Å²) in [6, 6.07) is 0. The number of carboxylic acid groups (broad SMARTS) is 1. The monoisotopic (exact) mass is 379 g/mol. The Morgan fingerprint density at radius 1 is 1.27 bits per heavy atom. The molecular formula is C18H25N3O4S. The van der Waals surface area contributed by atoms with Gasteiger partial charge in [0.05, 0.1) is 12.0 Å². The van der Waals surface area contributed by atoms with E-state index in [2.05, 4.69) is 15.3 Å². The molecule has 2 aromatic heterocycles. The normalized spacial score (nSPS) is 11.1. The second kappa shape index (κ2) is 9.47. The zero-order chi connectivity index (χ0) is 19.1. The van der Waals surface area contributed by atoms with E-state index in [1.54, 1.807) is 0 Å². The Morgan fingerprint density at radius 2 is 2.04 bits per heavy atom. The smallest absolute Gasteiger partial charge is 0.348 e. The van der Waals surface area contributed by atoms with E-state index in [1.165, 1.54) is 17.7 Å². The lowest BCUT2D eigenvalue weighted by Crippen LogP contribution is -2.10. The summed E-state index contributed by atoms with van der Waals surface area (Å²) in [5.41, 5.74) is 0.827. The minimum absolute atomic E-state index is 0.198. The van der Waals surface area contributed by atoms with Crippen molar-refractivity contribution >= 4 is 39.3 Å². The first kappa shape index (κ1) is 20.1. The number of carbonyl (C=O) groups excluding carboxylic acids is 1. The molecule has 0 aromatic carbocycles. The number of anilines is 1. The molecular weight excluding hydrogens is 354 g/mol. The van der Waals surface area contributed by atoms with Crippen molar-refractivity contribution in [3.8, 4) is 0 Å². The Labute approximate surface area is 156 Å². The molecule has 142 valence electrons. The van der Waals surface area contributed by atoms with Crippen LogP contribution in [-0.4, -0.2) is 40.2 Å². The number of nitrogens with one attached hydrogen (secondary N) is 1. The second-order valence-electron chi connectivity index (χ2n) is 6.58. The van der Waals surface area contributed by atoms with Gasteiger partial charge in [-0.3, -0.25) is 4.79 Å². The fourth-order valence-electron chi connectivity index (χ4n) is 2.49. The van der Waals surface area contributed by atoms with Gasteiger partial charge in [-0.05, 0) is 31.2 Å². The molecule has 0 bridgehead atoms. The maximum absolute atomic E-state index is 12.3. The van der Waals surface area contributed by atoms with Crippen LogP contribution in [0.15, 0.2) is 6.33 Å². The number of thiophene rings is 1. The molecule has 0 saturated heterocycles. The lowest BCUT2D eigenvalue weighted by Gasteiger charge is -2.08. The van der Waals surface area contributed by atoms with Gasteiger partial charge in [-0.1, -0.05) is 20.3 Å². The van der Waals surface area contributed by atoms with Gasteiger partial charge in [-0.2, -0.15) is 0 Å². The maximum atomic E-state index is 12.3. The molecule has 2 aromatic rings. The number of hydrogen-bond donors (Lipinski definition) is 2. The number of esters is 1. The molecule has 0 unspecified atom stereocenters. The van der Waals surface area contributed by atoms with Crippen molar-refractivity contribution in [1.29, 1.82) is 0 Å². The first-order valence-electron chi connectivity index (χ1n) is 8.77. The molecule has 0 atom stereocenters. The number of carboxylic acids is 1. The molecule has 8 heteroatoms. The first-order valence-corrected chi connectivity index (χ1v) is 9.58. The van der Waals surface area contributed by atoms with E-state index in [1.807, 2.05) is 20.8 Å². The minimum Gasteiger partial charge on any atom is -0.481 e. The van der Waals surface area contributed by atoms with Gasteiger partial charge in [-0.15, -0.1) is 11.3 Å². The first-order chi connectivity index (χ1) is 12.4. The largest absolute Gasteiger partial charge is 0.481 e. The van der Waals surface area contributed by atoms with Gasteiger partial charge >= 0.3 is 11.9 Å². The van der Waals surface area contributed by atoms with Crippen molar-refractivity contribution in [2.75, 3.05) is 18.5 Å². The number of unbranched alkanes of at least 4 members (excludes halogenated alkanes) is 2. The summed E-state index contributed by atoms with van der Waals surface area (Å²) in [5, 5.41) is 12.8. The highest BCUT2D eigenvalue weighted by Gasteiger charge is 2.20. The Kier molecular flexibility index (Phi) is 7.32. The topological polar surface area (TPSA) is 101 Å². The Hall–Kier alpha value is -2.22. The van der Waals surface area contributed by atoms with E-state index in [0.717, 1.165) is 28.6 Å². The highest BCUT2D eigenvalue weighted by molar-refractivity contribution is 7.20.